The maximum absolute atomic E-state index is 13.9. The lowest BCUT2D eigenvalue weighted by Crippen LogP contribution is -2.14. The van der Waals surface area contributed by atoms with Gasteiger partial charge in [0.2, 0.25) is 0 Å². The molecule has 0 saturated carbocycles. The third-order valence-electron chi connectivity index (χ3n) is 2.94. The molecule has 0 fully saturated rings. The van der Waals surface area contributed by atoms with Crippen molar-refractivity contribution >= 4 is 11.8 Å². The molecule has 0 radical (unpaired) electrons. The lowest BCUT2D eigenvalue weighted by molar-refractivity contribution is 0.409. The molecular formula is C12H16FNOS. The van der Waals surface area contributed by atoms with E-state index in [9.17, 15) is 4.39 Å². The van der Waals surface area contributed by atoms with Gasteiger partial charge in [0.25, 0.3) is 0 Å². The van der Waals surface area contributed by atoms with Crippen molar-refractivity contribution in [3.05, 3.63) is 29.1 Å². The first-order valence-electron chi connectivity index (χ1n) is 5.35. The van der Waals surface area contributed by atoms with Crippen LogP contribution in [0.25, 0.3) is 0 Å². The highest BCUT2D eigenvalue weighted by molar-refractivity contribution is 7.99. The summed E-state index contributed by atoms with van der Waals surface area (Å²) < 4.78 is 18.9. The summed E-state index contributed by atoms with van der Waals surface area (Å²) in [6.45, 7) is 2.13. The van der Waals surface area contributed by atoms with Crippen LogP contribution < -0.4 is 10.5 Å². The van der Waals surface area contributed by atoms with Gasteiger partial charge in [-0.15, -0.1) is 0 Å². The van der Waals surface area contributed by atoms with Crippen LogP contribution in [0.5, 0.6) is 5.75 Å². The highest BCUT2D eigenvalue weighted by atomic mass is 32.2. The molecule has 0 aromatic heterocycles. The third kappa shape index (κ3) is 2.18. The molecule has 2 rings (SSSR count). The molecule has 0 aliphatic carbocycles. The summed E-state index contributed by atoms with van der Waals surface area (Å²) >= 11 is 1.75. The fraction of sp³-hybridized carbons (Fsp3) is 0.500. The second kappa shape index (κ2) is 4.63. The van der Waals surface area contributed by atoms with Crippen LogP contribution >= 0.6 is 11.8 Å². The number of hydrogen-bond donors (Lipinski definition) is 1. The molecule has 1 aliphatic rings. The quantitative estimate of drug-likeness (QED) is 0.821. The minimum Gasteiger partial charge on any atom is -0.497 e. The fourth-order valence-corrected chi connectivity index (χ4v) is 3.11. The van der Waals surface area contributed by atoms with E-state index in [0.29, 0.717) is 16.8 Å². The maximum atomic E-state index is 13.9. The van der Waals surface area contributed by atoms with Crippen molar-refractivity contribution in [3.63, 3.8) is 0 Å². The highest BCUT2D eigenvalue weighted by Gasteiger charge is 2.23. The van der Waals surface area contributed by atoms with Crippen LogP contribution in [0.4, 0.5) is 4.39 Å². The Morgan fingerprint density at radius 2 is 2.25 bits per heavy atom. The van der Waals surface area contributed by atoms with Gasteiger partial charge in [0.05, 0.1) is 7.11 Å². The van der Waals surface area contributed by atoms with Gasteiger partial charge in [-0.3, -0.25) is 0 Å². The van der Waals surface area contributed by atoms with E-state index in [1.54, 1.807) is 18.9 Å². The van der Waals surface area contributed by atoms with Gasteiger partial charge >= 0.3 is 0 Å². The van der Waals surface area contributed by atoms with Crippen molar-refractivity contribution in [2.45, 2.75) is 30.4 Å². The van der Waals surface area contributed by atoms with E-state index in [1.165, 1.54) is 6.07 Å². The van der Waals surface area contributed by atoms with Gasteiger partial charge in [0.15, 0.2) is 0 Å². The van der Waals surface area contributed by atoms with Crippen LogP contribution in [0.1, 0.15) is 30.5 Å². The Hall–Kier alpha value is -0.740. The summed E-state index contributed by atoms with van der Waals surface area (Å²) in [5, 5.41) is 0.466. The number of hydrogen-bond acceptors (Lipinski definition) is 3. The summed E-state index contributed by atoms with van der Waals surface area (Å²) in [5.74, 6) is 1.04. The number of fused-ring (bicyclic) bond motifs is 1. The van der Waals surface area contributed by atoms with Crippen LogP contribution in [0.3, 0.4) is 0 Å². The van der Waals surface area contributed by atoms with Crippen molar-refractivity contribution < 1.29 is 9.13 Å². The molecule has 1 heterocycles. The van der Waals surface area contributed by atoms with Crippen LogP contribution in [-0.2, 0) is 5.75 Å². The molecule has 1 aromatic carbocycles. The Balaban J connectivity index is 2.47. The van der Waals surface area contributed by atoms with E-state index in [1.807, 2.05) is 6.07 Å². The number of halogens is 1. The molecule has 1 unspecified atom stereocenters. The number of methoxy groups -OCH3 is 1. The lowest BCUT2D eigenvalue weighted by atomic mass is 9.98. The predicted octanol–water partition coefficient (Wildman–Crippen LogP) is 2.86. The van der Waals surface area contributed by atoms with E-state index in [0.717, 1.165) is 17.5 Å². The van der Waals surface area contributed by atoms with Gasteiger partial charge in [-0.05, 0) is 18.1 Å². The van der Waals surface area contributed by atoms with Crippen molar-refractivity contribution in [1.82, 2.24) is 0 Å². The Morgan fingerprint density at radius 3 is 2.94 bits per heavy atom. The van der Waals surface area contributed by atoms with Gasteiger partial charge in [-0.1, -0.05) is 6.92 Å². The van der Waals surface area contributed by atoms with Crippen LogP contribution in [0, 0.1) is 5.82 Å². The zero-order valence-corrected chi connectivity index (χ0v) is 10.3. The van der Waals surface area contributed by atoms with Crippen molar-refractivity contribution in [3.8, 4) is 5.75 Å². The first-order chi connectivity index (χ1) is 7.61. The average Bonchev–Trinajstić information content (AvgIpc) is 2.39. The van der Waals surface area contributed by atoms with Crippen molar-refractivity contribution in [2.75, 3.05) is 7.11 Å². The third-order valence-corrected chi connectivity index (χ3v) is 4.15. The lowest BCUT2D eigenvalue weighted by Gasteiger charge is -2.15. The number of thioether (sulfide) groups is 1. The topological polar surface area (TPSA) is 35.2 Å². The molecule has 0 amide bonds. The van der Waals surface area contributed by atoms with Gasteiger partial charge in [-0.25, -0.2) is 4.39 Å². The molecular weight excluding hydrogens is 225 g/mol. The first kappa shape index (κ1) is 11.7. The van der Waals surface area contributed by atoms with Gasteiger partial charge in [-0.2, -0.15) is 11.8 Å². The normalized spacial score (nSPS) is 24.8. The number of rotatable bonds is 1. The van der Waals surface area contributed by atoms with Gasteiger partial charge < -0.3 is 10.5 Å². The van der Waals surface area contributed by atoms with Crippen LogP contribution in [0.15, 0.2) is 12.1 Å². The monoisotopic (exact) mass is 241 g/mol. The van der Waals surface area contributed by atoms with E-state index in [-0.39, 0.29) is 11.9 Å². The number of benzene rings is 1. The number of ether oxygens (including phenoxy) is 1. The summed E-state index contributed by atoms with van der Waals surface area (Å²) in [5.41, 5.74) is 7.73. The van der Waals surface area contributed by atoms with E-state index in [2.05, 4.69) is 6.92 Å². The molecule has 0 bridgehead atoms. The van der Waals surface area contributed by atoms with E-state index < -0.39 is 0 Å². The van der Waals surface area contributed by atoms with Gasteiger partial charge in [0, 0.05) is 28.7 Å². The molecule has 2 nitrogen and oxygen atoms in total. The zero-order valence-electron chi connectivity index (χ0n) is 9.50. The Kier molecular flexibility index (Phi) is 3.40. The SMILES string of the molecule is COc1cc(F)c2c(c1)[C@H](N)CC(C)SC2. The van der Waals surface area contributed by atoms with Crippen LogP contribution in [0.2, 0.25) is 0 Å². The number of nitrogens with two attached hydrogens (primary N) is 1. The predicted molar refractivity (Wildman–Crippen MR) is 65.3 cm³/mol. The molecule has 4 heteroatoms. The summed E-state index contributed by atoms with van der Waals surface area (Å²) in [4.78, 5) is 0. The zero-order chi connectivity index (χ0) is 11.7. The molecule has 88 valence electrons. The molecule has 2 atom stereocenters. The average molecular weight is 241 g/mol. The second-order valence-electron chi connectivity index (χ2n) is 4.14. The van der Waals surface area contributed by atoms with E-state index in [4.69, 9.17) is 10.5 Å². The van der Waals surface area contributed by atoms with Gasteiger partial charge in [0.1, 0.15) is 11.6 Å². The Bertz CT molecular complexity index is 397. The maximum Gasteiger partial charge on any atom is 0.131 e. The second-order valence-corrected chi connectivity index (χ2v) is 5.57. The first-order valence-corrected chi connectivity index (χ1v) is 6.40. The largest absolute Gasteiger partial charge is 0.497 e. The molecule has 16 heavy (non-hydrogen) atoms. The molecule has 1 aliphatic heterocycles. The molecule has 2 N–H and O–H groups in total. The standard InChI is InChI=1S/C12H16FNOS/c1-7-3-12(14)9-4-8(15-2)5-11(13)10(9)6-16-7/h4-5,7,12H,3,6,14H2,1-2H3/t7?,12-/m1/s1. The smallest absolute Gasteiger partial charge is 0.131 e. The summed E-state index contributed by atoms with van der Waals surface area (Å²) in [6.07, 6.45) is 0.879. The molecule has 0 spiro atoms. The Labute approximate surface area is 99.4 Å². The van der Waals surface area contributed by atoms with Crippen molar-refractivity contribution in [1.29, 1.82) is 0 Å². The summed E-state index contributed by atoms with van der Waals surface area (Å²) in [7, 11) is 1.54. The Morgan fingerprint density at radius 1 is 1.50 bits per heavy atom. The molecule has 1 aromatic rings. The highest BCUT2D eigenvalue weighted by Crippen LogP contribution is 2.36. The molecule has 0 saturated heterocycles. The van der Waals surface area contributed by atoms with E-state index >= 15 is 0 Å². The van der Waals surface area contributed by atoms with Crippen LogP contribution in [-0.4, -0.2) is 12.4 Å². The fourth-order valence-electron chi connectivity index (χ4n) is 2.01. The van der Waals surface area contributed by atoms with Crippen molar-refractivity contribution in [2.24, 2.45) is 5.73 Å². The minimum absolute atomic E-state index is 0.0930. The minimum atomic E-state index is -0.202. The summed E-state index contributed by atoms with van der Waals surface area (Å²) in [6, 6.07) is 3.20.